The third kappa shape index (κ3) is 4.92. The van der Waals surface area contributed by atoms with Crippen LogP contribution in [-0.4, -0.2) is 16.2 Å². The van der Waals surface area contributed by atoms with E-state index in [1.807, 2.05) is 74.5 Å². The average Bonchev–Trinajstić information content (AvgIpc) is 3.25. The van der Waals surface area contributed by atoms with E-state index in [-0.39, 0.29) is 11.9 Å². The van der Waals surface area contributed by atoms with Gasteiger partial charge in [-0.15, -0.1) is 10.2 Å². The Hall–Kier alpha value is -3.64. The highest BCUT2D eigenvalue weighted by Gasteiger charge is 2.24. The molecule has 0 unspecified atom stereocenters. The summed E-state index contributed by atoms with van der Waals surface area (Å²) in [6.07, 6.45) is 0. The molecule has 0 saturated heterocycles. The van der Waals surface area contributed by atoms with Crippen LogP contribution < -0.4 is 10.6 Å². The monoisotopic (exact) mass is 432 g/mol. The van der Waals surface area contributed by atoms with Gasteiger partial charge >= 0.3 is 6.03 Å². The number of amides is 2. The number of hydrogen-bond donors (Lipinski definition) is 2. The lowest BCUT2D eigenvalue weighted by molar-refractivity contribution is 0.248. The van der Waals surface area contributed by atoms with Crippen LogP contribution in [0.15, 0.2) is 77.2 Å². The lowest BCUT2D eigenvalue weighted by Gasteiger charge is -2.17. The highest BCUT2D eigenvalue weighted by Crippen LogP contribution is 2.26. The molecule has 31 heavy (non-hydrogen) atoms. The summed E-state index contributed by atoms with van der Waals surface area (Å²) < 4.78 is 5.91. The Kier molecular flexibility index (Phi) is 6.00. The Morgan fingerprint density at radius 2 is 1.71 bits per heavy atom. The van der Waals surface area contributed by atoms with Crippen molar-refractivity contribution in [1.29, 1.82) is 0 Å². The molecule has 6 nitrogen and oxygen atoms in total. The molecule has 4 rings (SSSR count). The number of carbonyl (C=O) groups excluding carboxylic acids is 1. The van der Waals surface area contributed by atoms with E-state index in [9.17, 15) is 4.79 Å². The summed E-state index contributed by atoms with van der Waals surface area (Å²) in [7, 11) is 0. The van der Waals surface area contributed by atoms with Crippen LogP contribution in [0.3, 0.4) is 0 Å². The molecule has 0 aliphatic rings. The molecule has 0 radical (unpaired) electrons. The van der Waals surface area contributed by atoms with E-state index in [1.165, 1.54) is 0 Å². The van der Waals surface area contributed by atoms with Gasteiger partial charge in [0.25, 0.3) is 0 Å². The van der Waals surface area contributed by atoms with Gasteiger partial charge in [-0.1, -0.05) is 59.6 Å². The Balaban J connectivity index is 1.61. The first-order chi connectivity index (χ1) is 15.0. The standard InChI is InChI=1S/C24H21ClN4O2/c1-15-8-13-20(16(2)14-15)26-24(30)27-21(17-9-11-19(25)12-10-17)23-29-28-22(31-23)18-6-4-3-5-7-18/h3-14,21H,1-2H3,(H2,26,27,30)/t21-/m0/s1. The molecule has 0 spiro atoms. The molecule has 0 aliphatic heterocycles. The van der Waals surface area contributed by atoms with Gasteiger partial charge in [0.05, 0.1) is 0 Å². The molecule has 0 bridgehead atoms. The van der Waals surface area contributed by atoms with Crippen LogP contribution >= 0.6 is 11.6 Å². The van der Waals surface area contributed by atoms with Gasteiger partial charge in [0, 0.05) is 16.3 Å². The van der Waals surface area contributed by atoms with Crippen molar-refractivity contribution < 1.29 is 9.21 Å². The van der Waals surface area contributed by atoms with Crippen molar-refractivity contribution in [3.05, 3.63) is 100 Å². The predicted molar refractivity (Wildman–Crippen MR) is 121 cm³/mol. The van der Waals surface area contributed by atoms with Crippen LogP contribution in [0.2, 0.25) is 5.02 Å². The molecule has 156 valence electrons. The van der Waals surface area contributed by atoms with Gasteiger partial charge in [-0.2, -0.15) is 0 Å². The van der Waals surface area contributed by atoms with Gasteiger partial charge in [-0.05, 0) is 55.3 Å². The summed E-state index contributed by atoms with van der Waals surface area (Å²) >= 11 is 6.04. The van der Waals surface area contributed by atoms with Crippen molar-refractivity contribution in [3.63, 3.8) is 0 Å². The fourth-order valence-corrected chi connectivity index (χ4v) is 3.36. The van der Waals surface area contributed by atoms with E-state index in [0.717, 1.165) is 27.9 Å². The third-order valence-electron chi connectivity index (χ3n) is 4.82. The highest BCUT2D eigenvalue weighted by molar-refractivity contribution is 6.30. The zero-order valence-electron chi connectivity index (χ0n) is 17.1. The molecule has 1 atom stereocenters. The molecule has 1 aromatic heterocycles. The number of hydrogen-bond acceptors (Lipinski definition) is 4. The predicted octanol–water partition coefficient (Wildman–Crippen LogP) is 5.92. The topological polar surface area (TPSA) is 80.0 Å². The summed E-state index contributed by atoms with van der Waals surface area (Å²) in [4.78, 5) is 12.8. The summed E-state index contributed by atoms with van der Waals surface area (Å²) in [5, 5.41) is 14.8. The summed E-state index contributed by atoms with van der Waals surface area (Å²) in [5.41, 5.74) is 4.40. The number of nitrogens with zero attached hydrogens (tertiary/aromatic N) is 2. The van der Waals surface area contributed by atoms with E-state index in [4.69, 9.17) is 16.0 Å². The van der Waals surface area contributed by atoms with Crippen molar-refractivity contribution >= 4 is 23.3 Å². The van der Waals surface area contributed by atoms with Gasteiger partial charge in [0.15, 0.2) is 0 Å². The molecule has 0 aliphatic carbocycles. The Labute approximate surface area is 185 Å². The molecule has 4 aromatic rings. The second-order valence-corrected chi connectivity index (χ2v) is 7.65. The first kappa shape index (κ1) is 20.6. The minimum atomic E-state index is -0.645. The molecular formula is C24H21ClN4O2. The molecule has 3 aromatic carbocycles. The Morgan fingerprint density at radius 1 is 0.968 bits per heavy atom. The second-order valence-electron chi connectivity index (χ2n) is 7.21. The average molecular weight is 433 g/mol. The van der Waals surface area contributed by atoms with E-state index in [1.54, 1.807) is 12.1 Å². The highest BCUT2D eigenvalue weighted by atomic mass is 35.5. The number of aryl methyl sites for hydroxylation is 2. The Bertz CT molecular complexity index is 1190. The number of benzene rings is 3. The van der Waals surface area contributed by atoms with Crippen LogP contribution in [-0.2, 0) is 0 Å². The van der Waals surface area contributed by atoms with Gasteiger partial charge in [0.1, 0.15) is 6.04 Å². The van der Waals surface area contributed by atoms with Crippen molar-refractivity contribution in [2.75, 3.05) is 5.32 Å². The molecule has 2 N–H and O–H groups in total. The number of halogens is 1. The maximum atomic E-state index is 12.8. The molecule has 2 amide bonds. The number of aromatic nitrogens is 2. The van der Waals surface area contributed by atoms with Crippen LogP contribution in [0.5, 0.6) is 0 Å². The quantitative estimate of drug-likeness (QED) is 0.410. The van der Waals surface area contributed by atoms with Crippen LogP contribution in [0.25, 0.3) is 11.5 Å². The lowest BCUT2D eigenvalue weighted by atomic mass is 10.1. The molecular weight excluding hydrogens is 412 g/mol. The fourth-order valence-electron chi connectivity index (χ4n) is 3.23. The first-order valence-electron chi connectivity index (χ1n) is 9.78. The number of urea groups is 1. The van der Waals surface area contributed by atoms with Gasteiger partial charge in [-0.3, -0.25) is 0 Å². The van der Waals surface area contributed by atoms with Crippen molar-refractivity contribution in [1.82, 2.24) is 15.5 Å². The van der Waals surface area contributed by atoms with Crippen molar-refractivity contribution in [2.24, 2.45) is 0 Å². The number of carbonyl (C=O) groups is 1. The number of anilines is 1. The minimum absolute atomic E-state index is 0.275. The van der Waals surface area contributed by atoms with Gasteiger partial charge in [-0.25, -0.2) is 4.79 Å². The number of rotatable bonds is 5. The smallest absolute Gasteiger partial charge is 0.320 e. The van der Waals surface area contributed by atoms with E-state index in [2.05, 4.69) is 20.8 Å². The molecule has 0 fully saturated rings. The van der Waals surface area contributed by atoms with Gasteiger partial charge < -0.3 is 15.1 Å². The van der Waals surface area contributed by atoms with E-state index >= 15 is 0 Å². The van der Waals surface area contributed by atoms with Crippen LogP contribution in [0, 0.1) is 13.8 Å². The summed E-state index contributed by atoms with van der Waals surface area (Å²) in [6.45, 7) is 3.96. The Morgan fingerprint density at radius 3 is 2.42 bits per heavy atom. The first-order valence-corrected chi connectivity index (χ1v) is 10.2. The van der Waals surface area contributed by atoms with Crippen molar-refractivity contribution in [2.45, 2.75) is 19.9 Å². The molecule has 1 heterocycles. The van der Waals surface area contributed by atoms with Crippen LogP contribution in [0.4, 0.5) is 10.5 Å². The lowest BCUT2D eigenvalue weighted by Crippen LogP contribution is -2.33. The van der Waals surface area contributed by atoms with E-state index in [0.29, 0.717) is 10.9 Å². The third-order valence-corrected chi connectivity index (χ3v) is 5.07. The minimum Gasteiger partial charge on any atom is -0.418 e. The second kappa shape index (κ2) is 9.02. The zero-order chi connectivity index (χ0) is 21.8. The number of nitrogens with one attached hydrogen (secondary N) is 2. The zero-order valence-corrected chi connectivity index (χ0v) is 17.9. The van der Waals surface area contributed by atoms with Gasteiger partial charge in [0.2, 0.25) is 11.8 Å². The maximum absolute atomic E-state index is 12.8. The van der Waals surface area contributed by atoms with Crippen molar-refractivity contribution in [3.8, 4) is 11.5 Å². The van der Waals surface area contributed by atoms with E-state index < -0.39 is 6.04 Å². The maximum Gasteiger partial charge on any atom is 0.320 e. The van der Waals surface area contributed by atoms with Crippen LogP contribution in [0.1, 0.15) is 28.6 Å². The summed E-state index contributed by atoms with van der Waals surface area (Å²) in [5.74, 6) is 0.656. The molecule has 0 saturated carbocycles. The largest absolute Gasteiger partial charge is 0.418 e. The fraction of sp³-hybridized carbons (Fsp3) is 0.125. The SMILES string of the molecule is Cc1ccc(NC(=O)N[C@@H](c2ccc(Cl)cc2)c2nnc(-c3ccccc3)o2)c(C)c1. The normalized spacial score (nSPS) is 11.7. The summed E-state index contributed by atoms with van der Waals surface area (Å²) in [6, 6.07) is 21.4. The molecule has 7 heteroatoms.